The number of alkyl halides is 3. The molecule has 4 aromatic rings. The summed E-state index contributed by atoms with van der Waals surface area (Å²) in [6.07, 6.45) is 0.397. The zero-order chi connectivity index (χ0) is 30.2. The summed E-state index contributed by atoms with van der Waals surface area (Å²) < 4.78 is 53.9. The molecule has 11 nitrogen and oxygen atoms in total. The number of halogens is 3. The molecule has 1 aliphatic carbocycles. The van der Waals surface area contributed by atoms with Gasteiger partial charge in [-0.25, -0.2) is 5.10 Å². The Morgan fingerprint density at radius 2 is 1.74 bits per heavy atom. The lowest BCUT2D eigenvalue weighted by molar-refractivity contribution is -0.274. The first kappa shape index (κ1) is 30.3. The number of rotatable bonds is 15. The number of aliphatic hydroxyl groups excluding tert-OH is 1. The first-order chi connectivity index (χ1) is 20.7. The van der Waals surface area contributed by atoms with Gasteiger partial charge >= 0.3 is 6.36 Å². The number of hydrogen-bond donors (Lipinski definition) is 5. The summed E-state index contributed by atoms with van der Waals surface area (Å²) in [5.41, 5.74) is 3.53. The first-order valence-electron chi connectivity index (χ1n) is 14.0. The minimum absolute atomic E-state index is 0.220. The van der Waals surface area contributed by atoms with E-state index in [-0.39, 0.29) is 23.2 Å². The molecule has 0 amide bonds. The number of aliphatic hydroxyl groups is 1. The van der Waals surface area contributed by atoms with Crippen LogP contribution in [0.3, 0.4) is 0 Å². The van der Waals surface area contributed by atoms with Gasteiger partial charge in [0.25, 0.3) is 5.56 Å². The van der Waals surface area contributed by atoms with Crippen LogP contribution in [-0.4, -0.2) is 70.4 Å². The van der Waals surface area contributed by atoms with Crippen LogP contribution in [0.4, 0.5) is 18.9 Å². The van der Waals surface area contributed by atoms with Crippen LogP contribution in [0.5, 0.6) is 11.5 Å². The molecule has 5 N–H and O–H groups in total. The van der Waals surface area contributed by atoms with E-state index in [0.717, 1.165) is 35.0 Å². The van der Waals surface area contributed by atoms with Gasteiger partial charge in [0.05, 0.1) is 30.6 Å². The molecule has 2 aromatic carbocycles. The zero-order valence-electron chi connectivity index (χ0n) is 23.2. The highest BCUT2D eigenvalue weighted by atomic mass is 19.4. The predicted octanol–water partition coefficient (Wildman–Crippen LogP) is 4.11. The molecule has 0 bridgehead atoms. The highest BCUT2D eigenvalue weighted by molar-refractivity contribution is 5.95. The lowest BCUT2D eigenvalue weighted by Crippen LogP contribution is -2.37. The Labute approximate surface area is 244 Å². The molecule has 43 heavy (non-hydrogen) atoms. The second-order valence-corrected chi connectivity index (χ2v) is 10.3. The number of H-pyrrole nitrogens is 2. The maximum atomic E-state index is 12.8. The van der Waals surface area contributed by atoms with Crippen LogP contribution < -0.4 is 25.7 Å². The van der Waals surface area contributed by atoms with Gasteiger partial charge in [-0.15, -0.1) is 13.2 Å². The number of aromatic amines is 2. The fraction of sp³-hybridized carbons (Fsp3) is 0.414. The molecule has 1 fully saturated rings. The van der Waals surface area contributed by atoms with E-state index in [4.69, 9.17) is 9.47 Å². The second-order valence-electron chi connectivity index (χ2n) is 10.3. The molecule has 1 saturated carbocycles. The van der Waals surface area contributed by atoms with Crippen LogP contribution in [0.25, 0.3) is 22.0 Å². The highest BCUT2D eigenvalue weighted by Crippen LogP contribution is 2.32. The van der Waals surface area contributed by atoms with Crippen molar-refractivity contribution in [2.24, 2.45) is 0 Å². The standard InChI is InChI=1S/C29H33F3N6O5/c30-29(31,32)43-24-8-18(7-22(14-24)42-23-12-21(39)13-23)15-33-3-1-2-5-41-6-4-34-26-9-19(10-27-25(26)17-36-37-27)20-11-28(40)38-35-16-20/h7-11,14,16-17,21,23,33-34,39H,1-6,12-13,15H2,(H,36,37)(H,38,40). The molecule has 0 atom stereocenters. The molecule has 1 aliphatic rings. The van der Waals surface area contributed by atoms with Crippen LogP contribution in [0.1, 0.15) is 31.2 Å². The third kappa shape index (κ3) is 8.92. The van der Waals surface area contributed by atoms with Gasteiger partial charge in [0.2, 0.25) is 0 Å². The van der Waals surface area contributed by atoms with Crippen molar-refractivity contribution in [1.29, 1.82) is 0 Å². The number of anilines is 1. The summed E-state index contributed by atoms with van der Waals surface area (Å²) in [7, 11) is 0. The monoisotopic (exact) mass is 602 g/mol. The van der Waals surface area contributed by atoms with Gasteiger partial charge in [-0.2, -0.15) is 10.2 Å². The van der Waals surface area contributed by atoms with E-state index in [2.05, 4.69) is 35.8 Å². The third-order valence-electron chi connectivity index (χ3n) is 6.89. The third-order valence-corrected chi connectivity index (χ3v) is 6.89. The fourth-order valence-corrected chi connectivity index (χ4v) is 4.76. The van der Waals surface area contributed by atoms with Crippen molar-refractivity contribution in [2.75, 3.05) is 31.6 Å². The van der Waals surface area contributed by atoms with E-state index in [0.29, 0.717) is 56.8 Å². The topological polar surface area (TPSA) is 146 Å². The van der Waals surface area contributed by atoms with Gasteiger partial charge in [0, 0.05) is 61.3 Å². The van der Waals surface area contributed by atoms with Gasteiger partial charge in [0.1, 0.15) is 17.6 Å². The van der Waals surface area contributed by atoms with Crippen LogP contribution in [0, 0.1) is 0 Å². The van der Waals surface area contributed by atoms with Crippen molar-refractivity contribution in [3.63, 3.8) is 0 Å². The molecule has 14 heteroatoms. The molecular formula is C29H33F3N6O5. The van der Waals surface area contributed by atoms with E-state index >= 15 is 0 Å². The van der Waals surface area contributed by atoms with Crippen LogP contribution >= 0.6 is 0 Å². The van der Waals surface area contributed by atoms with Crippen molar-refractivity contribution in [3.8, 4) is 22.6 Å². The van der Waals surface area contributed by atoms with Gasteiger partial charge in [0.15, 0.2) is 0 Å². The first-order valence-corrected chi connectivity index (χ1v) is 14.0. The van der Waals surface area contributed by atoms with Crippen molar-refractivity contribution >= 4 is 16.6 Å². The normalized spacial score (nSPS) is 16.7. The van der Waals surface area contributed by atoms with E-state index in [1.165, 1.54) is 18.2 Å². The molecular weight excluding hydrogens is 569 g/mol. The lowest BCUT2D eigenvalue weighted by atomic mass is 9.92. The Morgan fingerprint density at radius 1 is 0.930 bits per heavy atom. The Balaban J connectivity index is 1.01. The average molecular weight is 603 g/mol. The molecule has 0 unspecified atom stereocenters. The molecule has 2 aromatic heterocycles. The Kier molecular flexibility index (Phi) is 9.79. The van der Waals surface area contributed by atoms with E-state index < -0.39 is 12.5 Å². The lowest BCUT2D eigenvalue weighted by Gasteiger charge is -2.31. The quantitative estimate of drug-likeness (QED) is 0.127. The Bertz CT molecular complexity index is 1550. The number of aromatic nitrogens is 4. The second kappa shape index (κ2) is 13.9. The van der Waals surface area contributed by atoms with Crippen molar-refractivity contribution in [3.05, 3.63) is 64.7 Å². The van der Waals surface area contributed by atoms with Gasteiger partial charge in [-0.05, 0) is 54.8 Å². The number of ether oxygens (including phenoxy) is 3. The van der Waals surface area contributed by atoms with Crippen LogP contribution in [0.2, 0.25) is 0 Å². The molecule has 230 valence electrons. The minimum atomic E-state index is -4.80. The molecule has 0 spiro atoms. The largest absolute Gasteiger partial charge is 0.573 e. The number of unbranched alkanes of at least 4 members (excludes halogenated alkanes) is 1. The van der Waals surface area contributed by atoms with Crippen LogP contribution in [-0.2, 0) is 11.3 Å². The Hall–Kier alpha value is -4.14. The van der Waals surface area contributed by atoms with Crippen molar-refractivity contribution in [1.82, 2.24) is 25.7 Å². The molecule has 0 saturated heterocycles. The molecule has 5 rings (SSSR count). The summed E-state index contributed by atoms with van der Waals surface area (Å²) >= 11 is 0. The summed E-state index contributed by atoms with van der Waals surface area (Å²) in [6, 6.07) is 9.57. The molecule has 0 radical (unpaired) electrons. The average Bonchev–Trinajstić information content (AvgIpc) is 3.41. The van der Waals surface area contributed by atoms with E-state index in [1.807, 2.05) is 12.1 Å². The highest BCUT2D eigenvalue weighted by Gasteiger charge is 2.32. The summed E-state index contributed by atoms with van der Waals surface area (Å²) in [5, 5.41) is 30.3. The number of nitrogens with one attached hydrogen (secondary N) is 4. The van der Waals surface area contributed by atoms with Gasteiger partial charge in [-0.1, -0.05) is 0 Å². The summed E-state index contributed by atoms with van der Waals surface area (Å²) in [6.45, 7) is 2.60. The van der Waals surface area contributed by atoms with Crippen molar-refractivity contribution < 1.29 is 32.5 Å². The maximum Gasteiger partial charge on any atom is 0.573 e. The van der Waals surface area contributed by atoms with Crippen molar-refractivity contribution in [2.45, 2.75) is 50.8 Å². The molecule has 2 heterocycles. The summed E-state index contributed by atoms with van der Waals surface area (Å²) in [5.74, 6) is -0.0544. The number of benzene rings is 2. The predicted molar refractivity (Wildman–Crippen MR) is 153 cm³/mol. The summed E-state index contributed by atoms with van der Waals surface area (Å²) in [4.78, 5) is 11.7. The number of fused-ring (bicyclic) bond motifs is 1. The van der Waals surface area contributed by atoms with E-state index in [1.54, 1.807) is 18.5 Å². The molecule has 0 aliphatic heterocycles. The minimum Gasteiger partial charge on any atom is -0.490 e. The fourth-order valence-electron chi connectivity index (χ4n) is 4.76. The van der Waals surface area contributed by atoms with Crippen LogP contribution in [0.15, 0.2) is 53.6 Å². The zero-order valence-corrected chi connectivity index (χ0v) is 23.2. The van der Waals surface area contributed by atoms with E-state index in [9.17, 15) is 23.1 Å². The Morgan fingerprint density at radius 3 is 2.53 bits per heavy atom. The van der Waals surface area contributed by atoms with Gasteiger partial charge < -0.3 is 30.0 Å². The number of nitrogens with zero attached hydrogens (tertiary/aromatic N) is 2. The van der Waals surface area contributed by atoms with Gasteiger partial charge in [-0.3, -0.25) is 9.89 Å². The maximum absolute atomic E-state index is 12.8. The SMILES string of the molecule is O=c1cc(-c2cc(NCCOCCCCNCc3cc(OC4CC(O)C4)cc(OC(F)(F)F)c3)c3cn[nH]c3c2)cn[nH]1. The smallest absolute Gasteiger partial charge is 0.490 e. The number of hydrogen-bond acceptors (Lipinski definition) is 9.